The molecule has 1 amide bonds. The Balaban J connectivity index is 1.86. The largest absolute Gasteiger partial charge is 0.497 e. The zero-order valence-corrected chi connectivity index (χ0v) is 15.6. The minimum absolute atomic E-state index is 0.176. The second-order valence-electron chi connectivity index (χ2n) is 5.73. The van der Waals surface area contributed by atoms with Crippen LogP contribution in [0.5, 0.6) is 28.7 Å². The first-order chi connectivity index (χ1) is 13.1. The molecule has 2 aromatic carbocycles. The van der Waals surface area contributed by atoms with E-state index >= 15 is 0 Å². The molecule has 0 spiro atoms. The van der Waals surface area contributed by atoms with Gasteiger partial charge in [0.1, 0.15) is 18.1 Å². The van der Waals surface area contributed by atoms with Gasteiger partial charge in [-0.3, -0.25) is 4.79 Å². The van der Waals surface area contributed by atoms with Crippen LogP contribution in [0.2, 0.25) is 0 Å². The number of benzene rings is 2. The Labute approximate surface area is 157 Å². The molecular weight excluding hydrogens is 350 g/mol. The van der Waals surface area contributed by atoms with Crippen molar-refractivity contribution in [3.05, 3.63) is 41.5 Å². The summed E-state index contributed by atoms with van der Waals surface area (Å²) < 4.78 is 26.8. The maximum absolute atomic E-state index is 12.7. The molecule has 1 N–H and O–H groups in total. The molecule has 7 nitrogen and oxygen atoms in total. The van der Waals surface area contributed by atoms with E-state index in [2.05, 4.69) is 5.32 Å². The summed E-state index contributed by atoms with van der Waals surface area (Å²) in [5.74, 6) is 2.49. The van der Waals surface area contributed by atoms with Crippen LogP contribution in [0.4, 0.5) is 5.69 Å². The van der Waals surface area contributed by atoms with Gasteiger partial charge >= 0.3 is 0 Å². The van der Waals surface area contributed by atoms with E-state index in [-0.39, 0.29) is 12.5 Å². The highest BCUT2D eigenvalue weighted by molar-refractivity contribution is 6.07. The summed E-state index contributed by atoms with van der Waals surface area (Å²) in [5.41, 5.74) is 1.80. The normalized spacial score (nSPS) is 12.2. The van der Waals surface area contributed by atoms with Gasteiger partial charge in [0.05, 0.1) is 34.0 Å². The van der Waals surface area contributed by atoms with Crippen molar-refractivity contribution in [2.75, 3.05) is 40.4 Å². The number of fused-ring (bicyclic) bond motifs is 1. The minimum atomic E-state index is -0.280. The summed E-state index contributed by atoms with van der Waals surface area (Å²) in [7, 11) is 6.15. The van der Waals surface area contributed by atoms with E-state index in [1.807, 2.05) is 18.2 Å². The van der Waals surface area contributed by atoms with Gasteiger partial charge in [-0.25, -0.2) is 0 Å². The highest BCUT2D eigenvalue weighted by Gasteiger charge is 2.20. The molecule has 1 aliphatic rings. The number of carbonyl (C=O) groups is 1. The molecule has 2 aromatic rings. The van der Waals surface area contributed by atoms with Gasteiger partial charge < -0.3 is 29.0 Å². The van der Waals surface area contributed by atoms with E-state index in [9.17, 15) is 4.79 Å². The molecule has 0 saturated heterocycles. The number of rotatable bonds is 6. The number of hydrogen-bond acceptors (Lipinski definition) is 6. The molecule has 0 atom stereocenters. The molecule has 0 bridgehead atoms. The van der Waals surface area contributed by atoms with E-state index in [4.69, 9.17) is 23.7 Å². The Morgan fingerprint density at radius 2 is 1.67 bits per heavy atom. The van der Waals surface area contributed by atoms with E-state index in [0.717, 1.165) is 5.56 Å². The first-order valence-corrected chi connectivity index (χ1v) is 8.22. The Morgan fingerprint density at radius 3 is 2.26 bits per heavy atom. The van der Waals surface area contributed by atoms with Gasteiger partial charge in [0.2, 0.25) is 5.75 Å². The standard InChI is InChI=1S/C20H21NO6/c1-23-15-5-6-16-12(8-15)7-13(11-27-16)20(22)21-14-9-17(24-2)19(26-4)18(10-14)25-3/h5-10H,11H2,1-4H3,(H,21,22). The third-order valence-corrected chi connectivity index (χ3v) is 4.14. The number of ether oxygens (including phenoxy) is 5. The number of nitrogens with one attached hydrogen (secondary N) is 1. The zero-order valence-electron chi connectivity index (χ0n) is 15.6. The third kappa shape index (κ3) is 3.76. The molecule has 3 rings (SSSR count). The van der Waals surface area contributed by atoms with Gasteiger partial charge in [-0.2, -0.15) is 0 Å². The SMILES string of the molecule is COc1ccc2c(c1)C=C(C(=O)Nc1cc(OC)c(OC)c(OC)c1)CO2. The number of anilines is 1. The van der Waals surface area contributed by atoms with Crippen LogP contribution in [-0.4, -0.2) is 41.0 Å². The predicted octanol–water partition coefficient (Wildman–Crippen LogP) is 3.14. The first kappa shape index (κ1) is 18.4. The Morgan fingerprint density at radius 1 is 0.963 bits per heavy atom. The smallest absolute Gasteiger partial charge is 0.255 e. The van der Waals surface area contributed by atoms with Gasteiger partial charge in [0.25, 0.3) is 5.91 Å². The highest BCUT2D eigenvalue weighted by Crippen LogP contribution is 2.40. The van der Waals surface area contributed by atoms with Gasteiger partial charge in [0, 0.05) is 23.4 Å². The average molecular weight is 371 g/mol. The van der Waals surface area contributed by atoms with Gasteiger partial charge in [-0.1, -0.05) is 0 Å². The van der Waals surface area contributed by atoms with Crippen LogP contribution in [-0.2, 0) is 4.79 Å². The number of carbonyl (C=O) groups excluding carboxylic acids is 1. The van der Waals surface area contributed by atoms with E-state index in [1.54, 1.807) is 25.3 Å². The third-order valence-electron chi connectivity index (χ3n) is 4.14. The molecule has 142 valence electrons. The fraction of sp³-hybridized carbons (Fsp3) is 0.250. The van der Waals surface area contributed by atoms with Gasteiger partial charge in [-0.05, 0) is 24.3 Å². The molecule has 27 heavy (non-hydrogen) atoms. The van der Waals surface area contributed by atoms with Crippen LogP contribution in [0.1, 0.15) is 5.56 Å². The average Bonchev–Trinajstić information content (AvgIpc) is 2.71. The zero-order chi connectivity index (χ0) is 19.4. The lowest BCUT2D eigenvalue weighted by molar-refractivity contribution is -0.113. The fourth-order valence-electron chi connectivity index (χ4n) is 2.78. The van der Waals surface area contributed by atoms with Crippen molar-refractivity contribution in [2.45, 2.75) is 0 Å². The maximum atomic E-state index is 12.7. The van der Waals surface area contributed by atoms with Crippen molar-refractivity contribution < 1.29 is 28.5 Å². The van der Waals surface area contributed by atoms with Crippen molar-refractivity contribution >= 4 is 17.7 Å². The Kier molecular flexibility index (Phi) is 5.40. The van der Waals surface area contributed by atoms with Crippen LogP contribution >= 0.6 is 0 Å². The number of amides is 1. The van der Waals surface area contributed by atoms with Gasteiger partial charge in [0.15, 0.2) is 11.5 Å². The topological polar surface area (TPSA) is 75.3 Å². The van der Waals surface area contributed by atoms with E-state index in [1.165, 1.54) is 21.3 Å². The van der Waals surface area contributed by atoms with Crippen molar-refractivity contribution in [3.63, 3.8) is 0 Å². The molecule has 1 aliphatic heterocycles. The summed E-state index contributed by atoms with van der Waals surface area (Å²) in [4.78, 5) is 12.7. The lowest BCUT2D eigenvalue weighted by Crippen LogP contribution is -2.21. The minimum Gasteiger partial charge on any atom is -0.497 e. The highest BCUT2D eigenvalue weighted by atomic mass is 16.5. The Bertz CT molecular complexity index is 865. The van der Waals surface area contributed by atoms with Crippen molar-refractivity contribution in [1.82, 2.24) is 0 Å². The van der Waals surface area contributed by atoms with E-state index in [0.29, 0.717) is 40.0 Å². The summed E-state index contributed by atoms with van der Waals surface area (Å²) in [6.07, 6.45) is 1.79. The summed E-state index contributed by atoms with van der Waals surface area (Å²) in [6.45, 7) is 0.176. The van der Waals surface area contributed by atoms with Crippen LogP contribution in [0.3, 0.4) is 0 Å². The number of methoxy groups -OCH3 is 4. The molecule has 1 heterocycles. The maximum Gasteiger partial charge on any atom is 0.255 e. The quantitative estimate of drug-likeness (QED) is 0.841. The predicted molar refractivity (Wildman–Crippen MR) is 101 cm³/mol. The van der Waals surface area contributed by atoms with Crippen LogP contribution in [0.15, 0.2) is 35.9 Å². The molecule has 0 fully saturated rings. The fourth-order valence-corrected chi connectivity index (χ4v) is 2.78. The monoisotopic (exact) mass is 371 g/mol. The van der Waals surface area contributed by atoms with Crippen LogP contribution in [0, 0.1) is 0 Å². The Hall–Kier alpha value is -3.35. The molecule has 0 radical (unpaired) electrons. The van der Waals surface area contributed by atoms with Crippen LogP contribution in [0.25, 0.3) is 6.08 Å². The summed E-state index contributed by atoms with van der Waals surface area (Å²) in [6, 6.07) is 8.79. The second-order valence-corrected chi connectivity index (χ2v) is 5.73. The molecule has 0 unspecified atom stereocenters. The molecule has 0 aromatic heterocycles. The van der Waals surface area contributed by atoms with E-state index < -0.39 is 0 Å². The summed E-state index contributed by atoms with van der Waals surface area (Å²) in [5, 5.41) is 2.84. The van der Waals surface area contributed by atoms with Crippen molar-refractivity contribution in [2.24, 2.45) is 0 Å². The first-order valence-electron chi connectivity index (χ1n) is 8.22. The lowest BCUT2D eigenvalue weighted by atomic mass is 10.1. The molecule has 0 saturated carbocycles. The van der Waals surface area contributed by atoms with Crippen molar-refractivity contribution in [1.29, 1.82) is 0 Å². The lowest BCUT2D eigenvalue weighted by Gasteiger charge is -2.19. The molecular formula is C20H21NO6. The molecule has 7 heteroatoms. The summed E-state index contributed by atoms with van der Waals surface area (Å²) >= 11 is 0. The number of hydrogen-bond donors (Lipinski definition) is 1. The van der Waals surface area contributed by atoms with Crippen LogP contribution < -0.4 is 29.0 Å². The van der Waals surface area contributed by atoms with Crippen molar-refractivity contribution in [3.8, 4) is 28.7 Å². The van der Waals surface area contributed by atoms with Gasteiger partial charge in [-0.15, -0.1) is 0 Å². The second kappa shape index (κ2) is 7.90. The molecule has 0 aliphatic carbocycles.